The second-order valence-electron chi connectivity index (χ2n) is 3.41. The highest BCUT2D eigenvalue weighted by atomic mass is 16.5. The van der Waals surface area contributed by atoms with Gasteiger partial charge < -0.3 is 4.74 Å². The Bertz CT molecular complexity index is 112. The molecule has 0 aromatic heterocycles. The molecule has 0 spiro atoms. The molecule has 0 saturated heterocycles. The molecule has 0 amide bonds. The monoisotopic (exact) mass is 172 g/mol. The highest BCUT2D eigenvalue weighted by Crippen LogP contribution is 2.14. The highest BCUT2D eigenvalue weighted by molar-refractivity contribution is 5.37. The zero-order chi connectivity index (χ0) is 9.40. The number of hydrogen-bond acceptors (Lipinski definition) is 2. The van der Waals surface area contributed by atoms with E-state index >= 15 is 0 Å². The van der Waals surface area contributed by atoms with Gasteiger partial charge in [-0.3, -0.25) is 4.79 Å². The topological polar surface area (TPSA) is 26.3 Å². The molecule has 0 rings (SSSR count). The van der Waals surface area contributed by atoms with Crippen LogP contribution in [0.25, 0.3) is 0 Å². The molecule has 12 heavy (non-hydrogen) atoms. The van der Waals surface area contributed by atoms with Crippen LogP contribution in [0.2, 0.25) is 0 Å². The Labute approximate surface area is 75.3 Å². The number of carbonyl (C=O) groups excluding carboxylic acids is 1. The molecule has 0 aromatic carbocycles. The molecule has 0 aromatic rings. The minimum Gasteiger partial charge on any atom is -0.465 e. The first kappa shape index (κ1) is 11.5. The van der Waals surface area contributed by atoms with Gasteiger partial charge in [-0.15, -0.1) is 0 Å². The normalized spacial score (nSPS) is 15.2. The van der Waals surface area contributed by atoms with Gasteiger partial charge in [-0.25, -0.2) is 0 Å². The van der Waals surface area contributed by atoms with Crippen molar-refractivity contribution in [3.8, 4) is 0 Å². The summed E-state index contributed by atoms with van der Waals surface area (Å²) in [6, 6.07) is 0. The summed E-state index contributed by atoms with van der Waals surface area (Å²) in [5.74, 6) is 0.488. The molecule has 0 heterocycles. The van der Waals surface area contributed by atoms with Crippen molar-refractivity contribution < 1.29 is 9.53 Å². The van der Waals surface area contributed by atoms with E-state index in [0.717, 1.165) is 6.42 Å². The van der Waals surface area contributed by atoms with Crippen molar-refractivity contribution in [3.63, 3.8) is 0 Å². The molecule has 0 radical (unpaired) electrons. The Morgan fingerprint density at radius 1 is 1.33 bits per heavy atom. The molecule has 72 valence electrons. The molecule has 2 heteroatoms. The predicted molar refractivity (Wildman–Crippen MR) is 49.9 cm³/mol. The molecule has 0 aliphatic heterocycles. The van der Waals surface area contributed by atoms with Crippen LogP contribution in [0.15, 0.2) is 0 Å². The van der Waals surface area contributed by atoms with Crippen LogP contribution in [0.4, 0.5) is 0 Å². The first-order valence-electron chi connectivity index (χ1n) is 4.81. The van der Waals surface area contributed by atoms with Crippen molar-refractivity contribution in [2.24, 2.45) is 5.92 Å². The number of unbranched alkanes of at least 4 members (excludes halogenated alkanes) is 2. The van der Waals surface area contributed by atoms with E-state index in [-0.39, 0.29) is 6.10 Å². The number of rotatable bonds is 7. The van der Waals surface area contributed by atoms with Gasteiger partial charge in [0, 0.05) is 0 Å². The molecule has 0 fully saturated rings. The molecule has 0 saturated carbocycles. The SMILES string of the molecule is CCCCCC(C)C(C)OC=O. The lowest BCUT2D eigenvalue weighted by Gasteiger charge is -2.17. The zero-order valence-electron chi connectivity index (χ0n) is 8.38. The van der Waals surface area contributed by atoms with Gasteiger partial charge in [-0.05, 0) is 19.3 Å². The van der Waals surface area contributed by atoms with Crippen LogP contribution in [0.5, 0.6) is 0 Å². The second kappa shape index (κ2) is 7.14. The van der Waals surface area contributed by atoms with Crippen LogP contribution >= 0.6 is 0 Å². The van der Waals surface area contributed by atoms with Crippen molar-refractivity contribution in [1.82, 2.24) is 0 Å². The van der Waals surface area contributed by atoms with E-state index in [2.05, 4.69) is 13.8 Å². The van der Waals surface area contributed by atoms with E-state index in [1.165, 1.54) is 19.3 Å². The third-order valence-corrected chi connectivity index (χ3v) is 2.33. The molecule has 0 aliphatic carbocycles. The summed E-state index contributed by atoms with van der Waals surface area (Å²) in [7, 11) is 0. The minimum atomic E-state index is 0.0688. The van der Waals surface area contributed by atoms with Gasteiger partial charge in [0.1, 0.15) is 6.10 Å². The van der Waals surface area contributed by atoms with E-state index in [0.29, 0.717) is 12.4 Å². The average Bonchev–Trinajstić information content (AvgIpc) is 2.05. The predicted octanol–water partition coefficient (Wildman–Crippen LogP) is 2.76. The third-order valence-electron chi connectivity index (χ3n) is 2.33. The second-order valence-corrected chi connectivity index (χ2v) is 3.41. The summed E-state index contributed by atoms with van der Waals surface area (Å²) in [5, 5.41) is 0. The number of carbonyl (C=O) groups is 1. The largest absolute Gasteiger partial charge is 0.465 e. The van der Waals surface area contributed by atoms with Gasteiger partial charge in [0.25, 0.3) is 6.47 Å². The maximum atomic E-state index is 10.0. The molecule has 0 aliphatic rings. The van der Waals surface area contributed by atoms with Crippen molar-refractivity contribution in [2.45, 2.75) is 52.6 Å². The molecular weight excluding hydrogens is 152 g/mol. The first-order chi connectivity index (χ1) is 5.72. The van der Waals surface area contributed by atoms with Gasteiger partial charge in [-0.2, -0.15) is 0 Å². The summed E-state index contributed by atoms with van der Waals surface area (Å²) in [6.07, 6.45) is 4.99. The van der Waals surface area contributed by atoms with E-state index in [4.69, 9.17) is 4.74 Å². The van der Waals surface area contributed by atoms with Crippen molar-refractivity contribution in [3.05, 3.63) is 0 Å². The molecule has 0 bridgehead atoms. The smallest absolute Gasteiger partial charge is 0.293 e. The molecule has 2 unspecified atom stereocenters. The Hall–Kier alpha value is -0.530. The Kier molecular flexibility index (Phi) is 6.82. The fourth-order valence-corrected chi connectivity index (χ4v) is 1.17. The fourth-order valence-electron chi connectivity index (χ4n) is 1.17. The summed E-state index contributed by atoms with van der Waals surface area (Å²) >= 11 is 0. The lowest BCUT2D eigenvalue weighted by Crippen LogP contribution is -2.17. The molecular formula is C10H20O2. The lowest BCUT2D eigenvalue weighted by molar-refractivity contribution is -0.134. The van der Waals surface area contributed by atoms with Crippen molar-refractivity contribution >= 4 is 6.47 Å². The van der Waals surface area contributed by atoms with Crippen LogP contribution in [0, 0.1) is 5.92 Å². The van der Waals surface area contributed by atoms with E-state index in [9.17, 15) is 4.79 Å². The first-order valence-corrected chi connectivity index (χ1v) is 4.81. The van der Waals surface area contributed by atoms with Gasteiger partial charge in [0.2, 0.25) is 0 Å². The number of ether oxygens (including phenoxy) is 1. The van der Waals surface area contributed by atoms with Crippen LogP contribution in [0.3, 0.4) is 0 Å². The average molecular weight is 172 g/mol. The maximum Gasteiger partial charge on any atom is 0.293 e. The molecule has 2 atom stereocenters. The maximum absolute atomic E-state index is 10.0. The van der Waals surface area contributed by atoms with Gasteiger partial charge in [0.15, 0.2) is 0 Å². The Morgan fingerprint density at radius 3 is 2.50 bits per heavy atom. The van der Waals surface area contributed by atoms with Crippen LogP contribution in [-0.2, 0) is 9.53 Å². The Morgan fingerprint density at radius 2 is 2.00 bits per heavy atom. The van der Waals surface area contributed by atoms with Crippen LogP contribution < -0.4 is 0 Å². The van der Waals surface area contributed by atoms with E-state index < -0.39 is 0 Å². The summed E-state index contributed by atoms with van der Waals surface area (Å²) in [4.78, 5) is 10.0. The fraction of sp³-hybridized carbons (Fsp3) is 0.900. The van der Waals surface area contributed by atoms with Gasteiger partial charge >= 0.3 is 0 Å². The standard InChI is InChI=1S/C10H20O2/c1-4-5-6-7-9(2)10(3)12-8-11/h8-10H,4-7H2,1-3H3. The van der Waals surface area contributed by atoms with Crippen molar-refractivity contribution in [1.29, 1.82) is 0 Å². The quantitative estimate of drug-likeness (QED) is 0.436. The van der Waals surface area contributed by atoms with E-state index in [1.54, 1.807) is 0 Å². The van der Waals surface area contributed by atoms with Crippen LogP contribution in [0.1, 0.15) is 46.5 Å². The minimum absolute atomic E-state index is 0.0688. The molecule has 2 nitrogen and oxygen atoms in total. The summed E-state index contributed by atoms with van der Waals surface area (Å²) < 4.78 is 4.85. The number of hydrogen-bond donors (Lipinski definition) is 0. The zero-order valence-corrected chi connectivity index (χ0v) is 8.38. The highest BCUT2D eigenvalue weighted by Gasteiger charge is 2.11. The van der Waals surface area contributed by atoms with E-state index in [1.807, 2.05) is 6.92 Å². The molecule has 0 N–H and O–H groups in total. The van der Waals surface area contributed by atoms with Crippen LogP contribution in [-0.4, -0.2) is 12.6 Å². The van der Waals surface area contributed by atoms with Gasteiger partial charge in [-0.1, -0.05) is 33.1 Å². The summed E-state index contributed by atoms with van der Waals surface area (Å²) in [6.45, 7) is 6.81. The van der Waals surface area contributed by atoms with Gasteiger partial charge in [0.05, 0.1) is 0 Å². The third kappa shape index (κ3) is 5.16. The Balaban J connectivity index is 3.41. The summed E-state index contributed by atoms with van der Waals surface area (Å²) in [5.41, 5.74) is 0. The lowest BCUT2D eigenvalue weighted by atomic mass is 9.98. The van der Waals surface area contributed by atoms with Crippen molar-refractivity contribution in [2.75, 3.05) is 0 Å².